The maximum atomic E-state index is 5.03. The van der Waals surface area contributed by atoms with Crippen molar-refractivity contribution in [2.45, 2.75) is 0 Å². The molecule has 0 amide bonds. The summed E-state index contributed by atoms with van der Waals surface area (Å²) in [6.45, 7) is -0.0187. The highest BCUT2D eigenvalue weighted by molar-refractivity contribution is 7.00. The molecule has 14 rings (SSSR count). The summed E-state index contributed by atoms with van der Waals surface area (Å²) < 4.78 is 9.81. The van der Waals surface area contributed by atoms with Crippen molar-refractivity contribution in [2.24, 2.45) is 4.99 Å². The number of hydrogen-bond donors (Lipinski definition) is 0. The summed E-state index contributed by atoms with van der Waals surface area (Å²) in [7, 11) is 0. The standard InChI is InChI=1S/C50H28BN7/c1-4-14-31(15-5-1)55-39-24-10-9-18-33(39)42-34-19-12-21-36-46(34)57(49(42)55)40-28-30(38-23-8-3-11-25-52-38)29-41-44(40)51(36)37-22-13-20-35-43-45-48(54-27-26-53-45)56(32-16-6-2-7-17-32)50(43)58(41)47(35)37/h1-7,9-29H. The molecule has 8 heteroatoms. The summed E-state index contributed by atoms with van der Waals surface area (Å²) in [5.41, 5.74) is 21.0. The Balaban J connectivity index is 1.24. The molecule has 11 aromatic rings. The maximum absolute atomic E-state index is 5.03. The van der Waals surface area contributed by atoms with Gasteiger partial charge in [0.05, 0.1) is 27.6 Å². The molecule has 0 aliphatic carbocycles. The van der Waals surface area contributed by atoms with E-state index in [1.54, 1.807) is 6.20 Å². The number of aromatic nitrogens is 6. The van der Waals surface area contributed by atoms with Gasteiger partial charge < -0.3 is 0 Å². The molecule has 0 N–H and O–H groups in total. The first-order valence-electron chi connectivity index (χ1n) is 19.7. The van der Waals surface area contributed by atoms with Gasteiger partial charge in [0.15, 0.2) is 5.65 Å². The Hall–Kier alpha value is -7.93. The van der Waals surface area contributed by atoms with E-state index in [1.807, 2.05) is 30.6 Å². The zero-order valence-electron chi connectivity index (χ0n) is 30.9. The summed E-state index contributed by atoms with van der Waals surface area (Å²) in [6.07, 6.45) is 11.3. The third-order valence-electron chi connectivity index (χ3n) is 12.5. The fraction of sp³-hybridized carbons (Fsp3) is 0. The second kappa shape index (κ2) is 10.9. The smallest absolute Gasteiger partial charge is 0.252 e. The van der Waals surface area contributed by atoms with Crippen molar-refractivity contribution in [3.63, 3.8) is 0 Å². The normalized spacial score (nSPS) is 13.8. The molecule has 266 valence electrons. The van der Waals surface area contributed by atoms with Gasteiger partial charge in [-0.2, -0.15) is 0 Å². The Labute approximate surface area is 331 Å². The highest BCUT2D eigenvalue weighted by Gasteiger charge is 2.43. The van der Waals surface area contributed by atoms with Crippen molar-refractivity contribution >= 4 is 94.8 Å². The quantitative estimate of drug-likeness (QED) is 0.135. The summed E-state index contributed by atoms with van der Waals surface area (Å²) in [4.78, 5) is 15.0. The van der Waals surface area contributed by atoms with Crippen LogP contribution in [0.4, 0.5) is 0 Å². The Morgan fingerprint density at radius 2 is 1.17 bits per heavy atom. The molecular formula is C50H28BN7. The minimum absolute atomic E-state index is 0.0187. The van der Waals surface area contributed by atoms with Crippen LogP contribution in [0.3, 0.4) is 0 Å². The third kappa shape index (κ3) is 3.64. The van der Waals surface area contributed by atoms with E-state index < -0.39 is 0 Å². The largest absolute Gasteiger partial charge is 0.296 e. The number of hydrogen-bond acceptors (Lipinski definition) is 3. The highest BCUT2D eigenvalue weighted by Crippen LogP contribution is 2.45. The van der Waals surface area contributed by atoms with E-state index in [-0.39, 0.29) is 6.71 Å². The molecule has 0 fully saturated rings. The molecular weight excluding hydrogens is 709 g/mol. The average Bonchev–Trinajstić information content (AvgIpc) is 3.93. The van der Waals surface area contributed by atoms with Gasteiger partial charge in [0.25, 0.3) is 6.71 Å². The molecule has 0 saturated heterocycles. The van der Waals surface area contributed by atoms with Gasteiger partial charge in [-0.15, -0.1) is 5.73 Å². The molecule has 8 heterocycles. The van der Waals surface area contributed by atoms with Gasteiger partial charge in [-0.3, -0.25) is 28.2 Å². The lowest BCUT2D eigenvalue weighted by Gasteiger charge is -2.34. The van der Waals surface area contributed by atoms with Gasteiger partial charge in [-0.1, -0.05) is 91.0 Å². The van der Waals surface area contributed by atoms with E-state index in [0.29, 0.717) is 0 Å². The summed E-state index contributed by atoms with van der Waals surface area (Å²) in [6, 6.07) is 48.7. The molecule has 3 aliphatic rings. The highest BCUT2D eigenvalue weighted by atomic mass is 15.2. The first-order valence-corrected chi connectivity index (χ1v) is 19.7. The zero-order valence-corrected chi connectivity index (χ0v) is 30.9. The van der Waals surface area contributed by atoms with E-state index in [4.69, 9.17) is 15.0 Å². The van der Waals surface area contributed by atoms with Gasteiger partial charge in [0, 0.05) is 74.5 Å². The summed E-state index contributed by atoms with van der Waals surface area (Å²) in [5, 5.41) is 6.02. The zero-order chi connectivity index (χ0) is 37.6. The Kier molecular flexibility index (Phi) is 5.69. The molecule has 0 atom stereocenters. The summed E-state index contributed by atoms with van der Waals surface area (Å²) >= 11 is 0. The maximum Gasteiger partial charge on any atom is 0.252 e. The topological polar surface area (TPSA) is 57.9 Å². The number of nitrogens with zero attached hydrogens (tertiary/aromatic N) is 7. The van der Waals surface area contributed by atoms with Crippen LogP contribution in [0.15, 0.2) is 181 Å². The third-order valence-corrected chi connectivity index (χ3v) is 12.5. The number of fused-ring (bicyclic) bond motifs is 14. The minimum atomic E-state index is -0.0187. The molecule has 3 aliphatic heterocycles. The van der Waals surface area contributed by atoms with Gasteiger partial charge in [-0.25, -0.2) is 4.98 Å². The van der Waals surface area contributed by atoms with Crippen molar-refractivity contribution in [3.05, 3.63) is 182 Å². The molecule has 5 aromatic heterocycles. The second-order valence-electron chi connectivity index (χ2n) is 15.3. The van der Waals surface area contributed by atoms with Crippen molar-refractivity contribution in [3.8, 4) is 22.7 Å². The summed E-state index contributed by atoms with van der Waals surface area (Å²) in [5.74, 6) is 0. The van der Waals surface area contributed by atoms with Gasteiger partial charge >= 0.3 is 0 Å². The van der Waals surface area contributed by atoms with E-state index in [1.165, 1.54) is 54.5 Å². The van der Waals surface area contributed by atoms with E-state index in [9.17, 15) is 0 Å². The SMILES string of the molecule is C1=CC=CN=C(c2cc3c4c(c2)-n2c5c(cccc5c5c6nccnc6n(-c6ccccc6)c52)B4c2cccc4c5c6ccccc6n(-c6ccccc6)c5n-3c24)C=1. The van der Waals surface area contributed by atoms with E-state index in [0.717, 1.165) is 61.9 Å². The van der Waals surface area contributed by atoms with Crippen LogP contribution in [0, 0.1) is 0 Å². The number of aliphatic imine (C=N–C) groups is 1. The van der Waals surface area contributed by atoms with Crippen LogP contribution in [0.1, 0.15) is 5.56 Å². The van der Waals surface area contributed by atoms with Crippen LogP contribution >= 0.6 is 0 Å². The minimum Gasteiger partial charge on any atom is -0.296 e. The molecule has 7 nitrogen and oxygen atoms in total. The van der Waals surface area contributed by atoms with Crippen LogP contribution in [0.5, 0.6) is 0 Å². The van der Waals surface area contributed by atoms with E-state index >= 15 is 0 Å². The first-order chi connectivity index (χ1) is 28.8. The number of para-hydroxylation sites is 5. The fourth-order valence-electron chi connectivity index (χ4n) is 10.4. The first kappa shape index (κ1) is 30.3. The van der Waals surface area contributed by atoms with Crippen molar-refractivity contribution in [1.29, 1.82) is 0 Å². The van der Waals surface area contributed by atoms with Gasteiger partial charge in [-0.05, 0) is 71.0 Å². The second-order valence-corrected chi connectivity index (χ2v) is 15.3. The molecule has 0 unspecified atom stereocenters. The molecule has 0 bridgehead atoms. The Morgan fingerprint density at radius 3 is 1.91 bits per heavy atom. The molecule has 0 saturated carbocycles. The van der Waals surface area contributed by atoms with Gasteiger partial charge in [0.2, 0.25) is 0 Å². The van der Waals surface area contributed by atoms with Crippen molar-refractivity contribution < 1.29 is 0 Å². The average molecular weight is 738 g/mol. The van der Waals surface area contributed by atoms with Crippen molar-refractivity contribution in [2.75, 3.05) is 0 Å². The lowest BCUT2D eigenvalue weighted by molar-refractivity contribution is 1.04. The molecule has 0 radical (unpaired) electrons. The van der Waals surface area contributed by atoms with Crippen molar-refractivity contribution in [1.82, 2.24) is 28.2 Å². The lowest BCUT2D eigenvalue weighted by Crippen LogP contribution is -2.59. The Morgan fingerprint density at radius 1 is 0.552 bits per heavy atom. The molecule has 58 heavy (non-hydrogen) atoms. The van der Waals surface area contributed by atoms with Crippen LogP contribution < -0.4 is 16.4 Å². The molecule has 6 aromatic carbocycles. The number of allylic oxidation sites excluding steroid dienone is 2. The van der Waals surface area contributed by atoms with Crippen LogP contribution in [0.25, 0.3) is 88.7 Å². The van der Waals surface area contributed by atoms with Crippen LogP contribution in [-0.2, 0) is 0 Å². The number of benzene rings is 6. The van der Waals surface area contributed by atoms with Gasteiger partial charge in [0.1, 0.15) is 16.8 Å². The monoisotopic (exact) mass is 737 g/mol. The fourth-order valence-corrected chi connectivity index (χ4v) is 10.4. The predicted octanol–water partition coefficient (Wildman–Crippen LogP) is 8.73. The molecule has 0 spiro atoms. The Bertz CT molecular complexity index is 3550. The van der Waals surface area contributed by atoms with Crippen LogP contribution in [0.2, 0.25) is 0 Å². The predicted molar refractivity (Wildman–Crippen MR) is 237 cm³/mol. The van der Waals surface area contributed by atoms with E-state index in [2.05, 4.69) is 157 Å². The lowest BCUT2D eigenvalue weighted by atomic mass is 9.34. The van der Waals surface area contributed by atoms with Crippen LogP contribution in [-0.4, -0.2) is 40.7 Å². The number of rotatable bonds is 3.